The molecular weight excluding hydrogens is 389 g/mol. The molecule has 1 aliphatic heterocycles. The fraction of sp³-hybridized carbons (Fsp3) is 0.632. The lowest BCUT2D eigenvalue weighted by atomic mass is 10.1. The lowest BCUT2D eigenvalue weighted by molar-refractivity contribution is -0.132. The van der Waals surface area contributed by atoms with E-state index in [4.69, 9.17) is 9.47 Å². The van der Waals surface area contributed by atoms with Gasteiger partial charge in [-0.05, 0) is 43.5 Å². The van der Waals surface area contributed by atoms with Crippen LogP contribution in [0.1, 0.15) is 18.4 Å². The summed E-state index contributed by atoms with van der Waals surface area (Å²) in [7, 11) is 3.36. The molecule has 154 valence electrons. The minimum absolute atomic E-state index is 0. The van der Waals surface area contributed by atoms with Crippen LogP contribution < -0.4 is 14.8 Å². The van der Waals surface area contributed by atoms with Gasteiger partial charge in [0, 0.05) is 38.3 Å². The lowest BCUT2D eigenvalue weighted by Crippen LogP contribution is -2.50. The monoisotopic (exact) mass is 419 g/mol. The summed E-state index contributed by atoms with van der Waals surface area (Å²) in [6.45, 7) is 5.61. The molecule has 6 nitrogen and oxygen atoms in total. The number of halogens is 2. The summed E-state index contributed by atoms with van der Waals surface area (Å²) in [5.41, 5.74) is 1.12. The van der Waals surface area contributed by atoms with E-state index in [1.165, 1.54) is 12.8 Å². The van der Waals surface area contributed by atoms with Crippen molar-refractivity contribution in [2.45, 2.75) is 19.4 Å². The van der Waals surface area contributed by atoms with Gasteiger partial charge >= 0.3 is 0 Å². The van der Waals surface area contributed by atoms with Crippen molar-refractivity contribution in [1.82, 2.24) is 15.1 Å². The Kier molecular flexibility index (Phi) is 10.2. The first kappa shape index (κ1) is 23.8. The molecule has 1 heterocycles. The van der Waals surface area contributed by atoms with E-state index in [1.807, 2.05) is 23.1 Å². The predicted octanol–water partition coefficient (Wildman–Crippen LogP) is 2.19. The molecule has 0 spiro atoms. The van der Waals surface area contributed by atoms with Crippen LogP contribution in [0.15, 0.2) is 18.2 Å². The third kappa shape index (κ3) is 7.03. The molecule has 0 atom stereocenters. The second kappa shape index (κ2) is 11.6. The van der Waals surface area contributed by atoms with Crippen molar-refractivity contribution in [3.8, 4) is 11.5 Å². The van der Waals surface area contributed by atoms with Crippen molar-refractivity contribution in [2.24, 2.45) is 5.92 Å². The first-order valence-corrected chi connectivity index (χ1v) is 9.11. The van der Waals surface area contributed by atoms with Crippen molar-refractivity contribution in [2.75, 3.05) is 53.5 Å². The molecule has 2 fully saturated rings. The van der Waals surface area contributed by atoms with E-state index in [1.54, 1.807) is 14.2 Å². The molecule has 1 amide bonds. The molecule has 8 heteroatoms. The van der Waals surface area contributed by atoms with Gasteiger partial charge in [-0.15, -0.1) is 24.8 Å². The van der Waals surface area contributed by atoms with Gasteiger partial charge in [-0.3, -0.25) is 9.69 Å². The number of hydrogen-bond acceptors (Lipinski definition) is 5. The van der Waals surface area contributed by atoms with Gasteiger partial charge in [0.1, 0.15) is 11.5 Å². The summed E-state index contributed by atoms with van der Waals surface area (Å²) in [6.07, 6.45) is 2.63. The average molecular weight is 420 g/mol. The molecule has 1 N–H and O–H groups in total. The van der Waals surface area contributed by atoms with Crippen molar-refractivity contribution >= 4 is 30.7 Å². The van der Waals surface area contributed by atoms with Crippen LogP contribution in [0.3, 0.4) is 0 Å². The summed E-state index contributed by atoms with van der Waals surface area (Å²) in [5.74, 6) is 2.75. The van der Waals surface area contributed by atoms with Gasteiger partial charge in [0.15, 0.2) is 0 Å². The Balaban J connectivity index is 0.00000182. The highest BCUT2D eigenvalue weighted by Gasteiger charge is 2.24. The molecule has 3 rings (SSSR count). The zero-order valence-corrected chi connectivity index (χ0v) is 17.7. The number of piperazine rings is 1. The Labute approximate surface area is 174 Å². The maximum atomic E-state index is 12.3. The van der Waals surface area contributed by atoms with Crippen molar-refractivity contribution in [1.29, 1.82) is 0 Å². The largest absolute Gasteiger partial charge is 0.497 e. The van der Waals surface area contributed by atoms with Crippen molar-refractivity contribution < 1.29 is 14.3 Å². The molecule has 1 aromatic carbocycles. The molecular formula is C19H31Cl2N3O3. The van der Waals surface area contributed by atoms with E-state index in [-0.39, 0.29) is 30.7 Å². The summed E-state index contributed by atoms with van der Waals surface area (Å²) >= 11 is 0. The quantitative estimate of drug-likeness (QED) is 0.699. The second-order valence-electron chi connectivity index (χ2n) is 6.91. The summed E-state index contributed by atoms with van der Waals surface area (Å²) < 4.78 is 10.8. The van der Waals surface area contributed by atoms with Crippen LogP contribution >= 0.6 is 24.8 Å². The van der Waals surface area contributed by atoms with Crippen LogP contribution in [0.25, 0.3) is 0 Å². The molecule has 0 aromatic heterocycles. The van der Waals surface area contributed by atoms with Gasteiger partial charge < -0.3 is 19.7 Å². The second-order valence-corrected chi connectivity index (χ2v) is 6.91. The normalized spacial score (nSPS) is 16.9. The smallest absolute Gasteiger partial charge is 0.236 e. The maximum Gasteiger partial charge on any atom is 0.236 e. The SMILES string of the molecule is COc1ccc(OC)c(CN2CCN(C(=O)CNCC3CC3)CC2)c1.Cl.Cl. The minimum atomic E-state index is 0. The number of nitrogens with zero attached hydrogens (tertiary/aromatic N) is 2. The zero-order valence-electron chi connectivity index (χ0n) is 16.1. The van der Waals surface area contributed by atoms with E-state index < -0.39 is 0 Å². The van der Waals surface area contributed by atoms with Gasteiger partial charge in [0.25, 0.3) is 0 Å². The molecule has 1 saturated heterocycles. The number of hydrogen-bond donors (Lipinski definition) is 1. The van der Waals surface area contributed by atoms with Crippen LogP contribution in [0.4, 0.5) is 0 Å². The first-order chi connectivity index (χ1) is 12.2. The zero-order chi connectivity index (χ0) is 17.6. The third-order valence-corrected chi connectivity index (χ3v) is 5.01. The molecule has 0 bridgehead atoms. The average Bonchev–Trinajstić information content (AvgIpc) is 3.46. The Bertz CT molecular complexity index is 592. The van der Waals surface area contributed by atoms with E-state index >= 15 is 0 Å². The van der Waals surface area contributed by atoms with Crippen LogP contribution in [0.2, 0.25) is 0 Å². The van der Waals surface area contributed by atoms with E-state index in [9.17, 15) is 4.79 Å². The number of carbonyl (C=O) groups excluding carboxylic acids is 1. The van der Waals surface area contributed by atoms with Crippen LogP contribution in [0.5, 0.6) is 11.5 Å². The predicted molar refractivity (Wildman–Crippen MR) is 111 cm³/mol. The van der Waals surface area contributed by atoms with Crippen molar-refractivity contribution in [3.05, 3.63) is 23.8 Å². The fourth-order valence-electron chi connectivity index (χ4n) is 3.22. The van der Waals surface area contributed by atoms with Crippen LogP contribution in [0, 0.1) is 5.92 Å². The number of carbonyl (C=O) groups is 1. The summed E-state index contributed by atoms with van der Waals surface area (Å²) in [5, 5.41) is 3.29. The Morgan fingerprint density at radius 1 is 1.11 bits per heavy atom. The van der Waals surface area contributed by atoms with Gasteiger partial charge in [-0.2, -0.15) is 0 Å². The number of nitrogens with one attached hydrogen (secondary N) is 1. The molecule has 27 heavy (non-hydrogen) atoms. The van der Waals surface area contributed by atoms with Crippen LogP contribution in [-0.4, -0.2) is 69.2 Å². The van der Waals surface area contributed by atoms with Crippen LogP contribution in [-0.2, 0) is 11.3 Å². The number of methoxy groups -OCH3 is 2. The molecule has 1 saturated carbocycles. The van der Waals surface area contributed by atoms with Gasteiger partial charge in [0.2, 0.25) is 5.91 Å². The molecule has 1 aliphatic carbocycles. The van der Waals surface area contributed by atoms with Gasteiger partial charge in [-0.25, -0.2) is 0 Å². The standard InChI is InChI=1S/C19H29N3O3.2ClH/c1-24-17-5-6-18(25-2)16(11-17)14-21-7-9-22(10-8-21)19(23)13-20-12-15-3-4-15;;/h5-6,11,15,20H,3-4,7-10,12-14H2,1-2H3;2*1H. The Morgan fingerprint density at radius 3 is 2.41 bits per heavy atom. The third-order valence-electron chi connectivity index (χ3n) is 5.01. The fourth-order valence-corrected chi connectivity index (χ4v) is 3.22. The number of amides is 1. The van der Waals surface area contributed by atoms with Gasteiger partial charge in [-0.1, -0.05) is 0 Å². The number of rotatable bonds is 8. The van der Waals surface area contributed by atoms with E-state index in [2.05, 4.69) is 10.2 Å². The molecule has 2 aliphatic rings. The maximum absolute atomic E-state index is 12.3. The Morgan fingerprint density at radius 2 is 1.81 bits per heavy atom. The highest BCUT2D eigenvalue weighted by Crippen LogP contribution is 2.27. The van der Waals surface area contributed by atoms with E-state index in [0.717, 1.165) is 62.2 Å². The lowest BCUT2D eigenvalue weighted by Gasteiger charge is -2.35. The number of benzene rings is 1. The highest BCUT2D eigenvalue weighted by molar-refractivity contribution is 5.85. The number of ether oxygens (including phenoxy) is 2. The van der Waals surface area contributed by atoms with E-state index in [0.29, 0.717) is 6.54 Å². The molecule has 1 aromatic rings. The van der Waals surface area contributed by atoms with Gasteiger partial charge in [0.05, 0.1) is 20.8 Å². The summed E-state index contributed by atoms with van der Waals surface area (Å²) in [6, 6.07) is 5.88. The highest BCUT2D eigenvalue weighted by atomic mass is 35.5. The molecule has 0 radical (unpaired) electrons. The van der Waals surface area contributed by atoms with Crippen molar-refractivity contribution in [3.63, 3.8) is 0 Å². The molecule has 0 unspecified atom stereocenters. The first-order valence-electron chi connectivity index (χ1n) is 9.11. The minimum Gasteiger partial charge on any atom is -0.497 e. The Hall–Kier alpha value is -1.21. The topological polar surface area (TPSA) is 54.0 Å². The summed E-state index contributed by atoms with van der Waals surface area (Å²) in [4.78, 5) is 16.6.